The smallest absolute Gasteiger partial charge is 0.127 e. The van der Waals surface area contributed by atoms with Gasteiger partial charge < -0.3 is 10.1 Å². The number of ether oxygens (including phenoxy) is 1. The fraction of sp³-hybridized carbons (Fsp3) is 0.333. The van der Waals surface area contributed by atoms with E-state index in [0.717, 1.165) is 44.2 Å². The molecule has 112 valence electrons. The van der Waals surface area contributed by atoms with Crippen molar-refractivity contribution < 1.29 is 4.74 Å². The monoisotopic (exact) mass is 449 g/mol. The number of hydrogen-bond donors (Lipinski definition) is 1. The van der Waals surface area contributed by atoms with Gasteiger partial charge in [-0.2, -0.15) is 0 Å². The Morgan fingerprint density at radius 1 is 1.38 bits per heavy atom. The van der Waals surface area contributed by atoms with E-state index in [4.69, 9.17) is 16.3 Å². The van der Waals surface area contributed by atoms with E-state index in [1.807, 2.05) is 12.1 Å². The molecule has 2 aromatic rings. The van der Waals surface area contributed by atoms with Crippen molar-refractivity contribution in [2.24, 2.45) is 0 Å². The quantitative estimate of drug-likeness (QED) is 0.657. The van der Waals surface area contributed by atoms with Crippen molar-refractivity contribution >= 4 is 54.8 Å². The van der Waals surface area contributed by atoms with Crippen LogP contribution in [0.15, 0.2) is 26.5 Å². The highest BCUT2D eigenvalue weighted by atomic mass is 79.9. The maximum Gasteiger partial charge on any atom is 0.127 e. The van der Waals surface area contributed by atoms with E-state index in [-0.39, 0.29) is 6.04 Å². The molecule has 21 heavy (non-hydrogen) atoms. The van der Waals surface area contributed by atoms with Crippen molar-refractivity contribution in [2.75, 3.05) is 13.2 Å². The van der Waals surface area contributed by atoms with Gasteiger partial charge in [-0.1, -0.05) is 18.5 Å². The highest BCUT2D eigenvalue weighted by Crippen LogP contribution is 2.43. The summed E-state index contributed by atoms with van der Waals surface area (Å²) in [6.45, 7) is 3.72. The van der Waals surface area contributed by atoms with Crippen LogP contribution in [-0.4, -0.2) is 13.2 Å². The van der Waals surface area contributed by atoms with Gasteiger partial charge in [-0.3, -0.25) is 0 Å². The van der Waals surface area contributed by atoms with Crippen molar-refractivity contribution in [3.05, 3.63) is 47.5 Å². The molecule has 0 amide bonds. The maximum atomic E-state index is 6.30. The third-order valence-electron chi connectivity index (χ3n) is 3.45. The van der Waals surface area contributed by atoms with Crippen LogP contribution in [0.3, 0.4) is 0 Å². The zero-order valence-electron chi connectivity index (χ0n) is 11.4. The molecule has 1 N–H and O–H groups in total. The van der Waals surface area contributed by atoms with Crippen LogP contribution in [0.2, 0.25) is 5.02 Å². The molecule has 1 aliphatic rings. The SMILES string of the molecule is CCNC(c1cc(Br)c(Br)s1)c1cc(Cl)cc2c1OCC2. The fourth-order valence-corrected chi connectivity index (χ4v) is 5.02. The van der Waals surface area contributed by atoms with Crippen LogP contribution in [-0.2, 0) is 6.42 Å². The van der Waals surface area contributed by atoms with Gasteiger partial charge in [-0.25, -0.2) is 0 Å². The van der Waals surface area contributed by atoms with E-state index in [9.17, 15) is 0 Å². The lowest BCUT2D eigenvalue weighted by Gasteiger charge is -2.20. The third-order valence-corrected chi connectivity index (χ3v) is 6.98. The van der Waals surface area contributed by atoms with Crippen LogP contribution in [0.1, 0.15) is 29.0 Å². The van der Waals surface area contributed by atoms with Crippen molar-refractivity contribution in [2.45, 2.75) is 19.4 Å². The van der Waals surface area contributed by atoms with Crippen LogP contribution in [0.4, 0.5) is 0 Å². The molecule has 0 saturated carbocycles. The van der Waals surface area contributed by atoms with E-state index in [0.29, 0.717) is 0 Å². The lowest BCUT2D eigenvalue weighted by Crippen LogP contribution is -2.21. The van der Waals surface area contributed by atoms with Crippen LogP contribution in [0.5, 0.6) is 5.75 Å². The summed E-state index contributed by atoms with van der Waals surface area (Å²) in [5.74, 6) is 0.992. The zero-order valence-corrected chi connectivity index (χ0v) is 16.1. The van der Waals surface area contributed by atoms with Gasteiger partial charge in [0.15, 0.2) is 0 Å². The molecular weight excluding hydrogens is 437 g/mol. The van der Waals surface area contributed by atoms with Gasteiger partial charge in [0.1, 0.15) is 5.75 Å². The summed E-state index contributed by atoms with van der Waals surface area (Å²) >= 11 is 15.2. The van der Waals surface area contributed by atoms with E-state index < -0.39 is 0 Å². The minimum atomic E-state index is 0.0909. The van der Waals surface area contributed by atoms with Gasteiger partial charge in [-0.15, -0.1) is 11.3 Å². The summed E-state index contributed by atoms with van der Waals surface area (Å²) in [4.78, 5) is 1.23. The molecular formula is C15H14Br2ClNOS. The number of rotatable bonds is 4. The summed E-state index contributed by atoms with van der Waals surface area (Å²) < 4.78 is 8.02. The molecule has 1 aromatic heterocycles. The highest BCUT2D eigenvalue weighted by molar-refractivity contribution is 9.13. The Balaban J connectivity index is 2.09. The molecule has 0 radical (unpaired) electrons. The molecule has 0 aliphatic carbocycles. The van der Waals surface area contributed by atoms with Crippen molar-refractivity contribution in [1.29, 1.82) is 0 Å². The molecule has 0 bridgehead atoms. The van der Waals surface area contributed by atoms with Gasteiger partial charge in [0.25, 0.3) is 0 Å². The lowest BCUT2D eigenvalue weighted by molar-refractivity contribution is 0.351. The molecule has 1 atom stereocenters. The largest absolute Gasteiger partial charge is 0.493 e. The average Bonchev–Trinajstić information content (AvgIpc) is 3.02. The Bertz CT molecular complexity index is 654. The number of thiophene rings is 1. The topological polar surface area (TPSA) is 21.3 Å². The third kappa shape index (κ3) is 3.17. The highest BCUT2D eigenvalue weighted by Gasteiger charge is 2.25. The first kappa shape index (κ1) is 15.8. The fourth-order valence-electron chi connectivity index (χ4n) is 2.59. The minimum absolute atomic E-state index is 0.0909. The molecule has 1 aliphatic heterocycles. The zero-order chi connectivity index (χ0) is 15.0. The van der Waals surface area contributed by atoms with E-state index >= 15 is 0 Å². The Hall–Kier alpha value is -0.0700. The van der Waals surface area contributed by atoms with E-state index in [2.05, 4.69) is 50.2 Å². The molecule has 3 rings (SSSR count). The van der Waals surface area contributed by atoms with Crippen LogP contribution < -0.4 is 10.1 Å². The van der Waals surface area contributed by atoms with Gasteiger partial charge >= 0.3 is 0 Å². The number of hydrogen-bond acceptors (Lipinski definition) is 3. The molecule has 2 heterocycles. The number of fused-ring (bicyclic) bond motifs is 1. The predicted octanol–water partition coefficient (Wildman–Crippen LogP) is 5.56. The lowest BCUT2D eigenvalue weighted by atomic mass is 10.0. The molecule has 0 spiro atoms. The Morgan fingerprint density at radius 2 is 2.19 bits per heavy atom. The normalized spacial score (nSPS) is 14.9. The summed E-state index contributed by atoms with van der Waals surface area (Å²) in [5, 5.41) is 4.31. The second-order valence-electron chi connectivity index (χ2n) is 4.84. The average molecular weight is 452 g/mol. The summed E-state index contributed by atoms with van der Waals surface area (Å²) in [5.41, 5.74) is 2.33. The predicted molar refractivity (Wildman–Crippen MR) is 95.9 cm³/mol. The van der Waals surface area contributed by atoms with Crippen molar-refractivity contribution in [3.63, 3.8) is 0 Å². The molecule has 6 heteroatoms. The molecule has 0 fully saturated rings. The van der Waals surface area contributed by atoms with Gasteiger partial charge in [-0.05, 0) is 62.2 Å². The first-order valence-electron chi connectivity index (χ1n) is 6.73. The first-order valence-corrected chi connectivity index (χ1v) is 9.51. The number of benzene rings is 1. The summed E-state index contributed by atoms with van der Waals surface area (Å²) in [6.07, 6.45) is 0.930. The maximum absolute atomic E-state index is 6.30. The Kier molecular flexibility index (Phi) is 4.96. The van der Waals surface area contributed by atoms with E-state index in [1.54, 1.807) is 11.3 Å². The first-order chi connectivity index (χ1) is 10.1. The van der Waals surface area contributed by atoms with Crippen molar-refractivity contribution in [1.82, 2.24) is 5.32 Å². The Labute approximate surface area is 150 Å². The van der Waals surface area contributed by atoms with Gasteiger partial charge in [0.2, 0.25) is 0 Å². The second kappa shape index (κ2) is 6.59. The van der Waals surface area contributed by atoms with Crippen LogP contribution in [0, 0.1) is 0 Å². The molecule has 2 nitrogen and oxygen atoms in total. The number of halogens is 3. The molecule has 1 unspecified atom stereocenters. The molecule has 0 saturated heterocycles. The van der Waals surface area contributed by atoms with Gasteiger partial charge in [0, 0.05) is 26.4 Å². The standard InChI is InChI=1S/C15H14Br2ClNOS/c1-2-19-13(12-7-11(16)15(17)21-12)10-6-9(18)5-8-3-4-20-14(8)10/h5-7,13,19H,2-4H2,1H3. The number of nitrogens with one attached hydrogen (secondary N) is 1. The molecule has 1 aromatic carbocycles. The van der Waals surface area contributed by atoms with E-state index in [1.165, 1.54) is 10.4 Å². The van der Waals surface area contributed by atoms with Crippen LogP contribution in [0.25, 0.3) is 0 Å². The van der Waals surface area contributed by atoms with Gasteiger partial charge in [0.05, 0.1) is 16.4 Å². The van der Waals surface area contributed by atoms with Crippen LogP contribution >= 0.6 is 54.8 Å². The summed E-state index contributed by atoms with van der Waals surface area (Å²) in [7, 11) is 0. The summed E-state index contributed by atoms with van der Waals surface area (Å²) in [6, 6.07) is 6.26. The van der Waals surface area contributed by atoms with Crippen molar-refractivity contribution in [3.8, 4) is 5.75 Å². The second-order valence-corrected chi connectivity index (χ2v) is 8.54. The Morgan fingerprint density at radius 3 is 2.86 bits per heavy atom. The minimum Gasteiger partial charge on any atom is -0.493 e.